The molecule has 0 atom stereocenters. The van der Waals surface area contributed by atoms with Crippen molar-refractivity contribution in [3.8, 4) is 5.69 Å². The van der Waals surface area contributed by atoms with Crippen LogP contribution in [0, 0.1) is 0 Å². The maximum Gasteiger partial charge on any atom is 0.345 e. The number of benzene rings is 1. The number of anilines is 2. The van der Waals surface area contributed by atoms with E-state index in [1.165, 1.54) is 11.8 Å². The monoisotopic (exact) mass is 308 g/mol. The maximum absolute atomic E-state index is 11.9. The maximum atomic E-state index is 11.9. The molecule has 0 aliphatic heterocycles. The second-order valence-corrected chi connectivity index (χ2v) is 4.85. The molecule has 0 aliphatic carbocycles. The van der Waals surface area contributed by atoms with Gasteiger partial charge >= 0.3 is 5.97 Å². The van der Waals surface area contributed by atoms with Gasteiger partial charge in [0.2, 0.25) is 0 Å². The van der Waals surface area contributed by atoms with Crippen LogP contribution in [0.5, 0.6) is 0 Å². The van der Waals surface area contributed by atoms with Gasteiger partial charge in [-0.15, -0.1) is 5.10 Å². The van der Waals surface area contributed by atoms with Gasteiger partial charge in [-0.3, -0.25) is 0 Å². The molecule has 7 heteroatoms. The number of halogens is 1. The van der Waals surface area contributed by atoms with E-state index < -0.39 is 5.97 Å². The van der Waals surface area contributed by atoms with Gasteiger partial charge in [0.25, 0.3) is 0 Å². The first-order chi connectivity index (χ1) is 10.1. The molecule has 3 N–H and O–H groups in total. The van der Waals surface area contributed by atoms with Crippen LogP contribution in [0.2, 0.25) is 5.02 Å². The van der Waals surface area contributed by atoms with Crippen molar-refractivity contribution in [3.05, 3.63) is 34.9 Å². The predicted molar refractivity (Wildman–Crippen MR) is 83.1 cm³/mol. The zero-order valence-electron chi connectivity index (χ0n) is 11.9. The number of nitrogens with two attached hydrogens (primary N) is 1. The number of nitrogens with zero attached hydrogens (tertiary/aromatic N) is 2. The summed E-state index contributed by atoms with van der Waals surface area (Å²) >= 11 is 5.87. The SMILES string of the molecule is CCCNc1nn(-c2ccc(Cl)cc2)c(N)c1C(=O)OC. The molecule has 0 saturated heterocycles. The van der Waals surface area contributed by atoms with E-state index in [0.29, 0.717) is 23.1 Å². The number of hydrogen-bond acceptors (Lipinski definition) is 5. The van der Waals surface area contributed by atoms with E-state index in [0.717, 1.165) is 6.42 Å². The van der Waals surface area contributed by atoms with Crippen molar-refractivity contribution in [2.45, 2.75) is 13.3 Å². The van der Waals surface area contributed by atoms with Crippen LogP contribution in [-0.2, 0) is 4.74 Å². The van der Waals surface area contributed by atoms with Crippen LogP contribution < -0.4 is 11.1 Å². The van der Waals surface area contributed by atoms with E-state index in [1.54, 1.807) is 24.3 Å². The van der Waals surface area contributed by atoms with Crippen molar-refractivity contribution in [1.29, 1.82) is 0 Å². The van der Waals surface area contributed by atoms with Crippen molar-refractivity contribution in [1.82, 2.24) is 9.78 Å². The van der Waals surface area contributed by atoms with Crippen LogP contribution in [-0.4, -0.2) is 29.4 Å². The first-order valence-corrected chi connectivity index (χ1v) is 6.92. The molecule has 2 aromatic rings. The molecule has 0 spiro atoms. The number of methoxy groups -OCH3 is 1. The average Bonchev–Trinajstić information content (AvgIpc) is 2.82. The third-order valence-corrected chi connectivity index (χ3v) is 3.18. The van der Waals surface area contributed by atoms with Crippen LogP contribution in [0.15, 0.2) is 24.3 Å². The van der Waals surface area contributed by atoms with Crippen LogP contribution >= 0.6 is 11.6 Å². The summed E-state index contributed by atoms with van der Waals surface area (Å²) in [5.41, 5.74) is 7.00. The lowest BCUT2D eigenvalue weighted by atomic mass is 10.3. The summed E-state index contributed by atoms with van der Waals surface area (Å²) < 4.78 is 6.26. The Morgan fingerprint density at radius 3 is 2.67 bits per heavy atom. The molecule has 0 saturated carbocycles. The molecule has 21 heavy (non-hydrogen) atoms. The number of nitrogen functional groups attached to an aromatic ring is 1. The van der Waals surface area contributed by atoms with Crippen molar-refractivity contribution < 1.29 is 9.53 Å². The molecule has 1 aromatic heterocycles. The lowest BCUT2D eigenvalue weighted by molar-refractivity contribution is 0.0603. The van der Waals surface area contributed by atoms with Gasteiger partial charge in [0, 0.05) is 11.6 Å². The highest BCUT2D eigenvalue weighted by molar-refractivity contribution is 6.30. The number of nitrogens with one attached hydrogen (secondary N) is 1. The Hall–Kier alpha value is -2.21. The first-order valence-electron chi connectivity index (χ1n) is 6.55. The standard InChI is InChI=1S/C14H17ClN4O2/c1-3-8-17-13-11(14(20)21-2)12(16)19(18-13)10-6-4-9(15)5-7-10/h4-7H,3,8,16H2,1-2H3,(H,17,18). The molecular weight excluding hydrogens is 292 g/mol. The Labute approximate surface area is 127 Å². The number of ether oxygens (including phenoxy) is 1. The molecule has 6 nitrogen and oxygen atoms in total. The highest BCUT2D eigenvalue weighted by atomic mass is 35.5. The van der Waals surface area contributed by atoms with Gasteiger partial charge in [0.05, 0.1) is 12.8 Å². The summed E-state index contributed by atoms with van der Waals surface area (Å²) in [5, 5.41) is 8.05. The second kappa shape index (κ2) is 6.49. The Morgan fingerprint density at radius 2 is 2.10 bits per heavy atom. The Morgan fingerprint density at radius 1 is 1.43 bits per heavy atom. The van der Waals surface area contributed by atoms with Crippen molar-refractivity contribution >= 4 is 29.2 Å². The van der Waals surface area contributed by atoms with E-state index in [-0.39, 0.29) is 11.4 Å². The molecule has 0 unspecified atom stereocenters. The number of esters is 1. The van der Waals surface area contributed by atoms with E-state index >= 15 is 0 Å². The van der Waals surface area contributed by atoms with E-state index in [1.807, 2.05) is 6.92 Å². The number of hydrogen-bond donors (Lipinski definition) is 2. The minimum absolute atomic E-state index is 0.225. The molecule has 0 bridgehead atoms. The fourth-order valence-corrected chi connectivity index (χ4v) is 2.01. The molecular formula is C14H17ClN4O2. The summed E-state index contributed by atoms with van der Waals surface area (Å²) in [7, 11) is 1.31. The lowest BCUT2D eigenvalue weighted by Crippen LogP contribution is -2.09. The van der Waals surface area contributed by atoms with Gasteiger partial charge in [0.1, 0.15) is 11.4 Å². The van der Waals surface area contributed by atoms with Crippen LogP contribution in [0.1, 0.15) is 23.7 Å². The van der Waals surface area contributed by atoms with Crippen LogP contribution in [0.25, 0.3) is 5.69 Å². The summed E-state index contributed by atoms with van der Waals surface area (Å²) in [6.07, 6.45) is 0.897. The summed E-state index contributed by atoms with van der Waals surface area (Å²) in [4.78, 5) is 11.9. The van der Waals surface area contributed by atoms with Gasteiger partial charge in [-0.2, -0.15) is 0 Å². The Kier molecular flexibility index (Phi) is 4.70. The zero-order valence-corrected chi connectivity index (χ0v) is 12.6. The molecule has 1 aromatic carbocycles. The highest BCUT2D eigenvalue weighted by Crippen LogP contribution is 2.26. The third kappa shape index (κ3) is 3.11. The van der Waals surface area contributed by atoms with Gasteiger partial charge in [-0.1, -0.05) is 18.5 Å². The third-order valence-electron chi connectivity index (χ3n) is 2.92. The van der Waals surface area contributed by atoms with E-state index in [2.05, 4.69) is 10.4 Å². The van der Waals surface area contributed by atoms with Gasteiger partial charge in [0.15, 0.2) is 5.82 Å². The molecule has 1 heterocycles. The van der Waals surface area contributed by atoms with Crippen molar-refractivity contribution in [2.75, 3.05) is 24.7 Å². The highest BCUT2D eigenvalue weighted by Gasteiger charge is 2.23. The first kappa shape index (κ1) is 15.2. The molecule has 112 valence electrons. The number of carbonyl (C=O) groups is 1. The van der Waals surface area contributed by atoms with Gasteiger partial charge in [-0.25, -0.2) is 9.48 Å². The molecule has 2 rings (SSSR count). The van der Waals surface area contributed by atoms with E-state index in [9.17, 15) is 4.79 Å². The zero-order chi connectivity index (χ0) is 15.4. The smallest absolute Gasteiger partial charge is 0.345 e. The fraction of sp³-hybridized carbons (Fsp3) is 0.286. The fourth-order valence-electron chi connectivity index (χ4n) is 1.88. The van der Waals surface area contributed by atoms with Crippen molar-refractivity contribution in [2.24, 2.45) is 0 Å². The predicted octanol–water partition coefficient (Wildman–Crippen LogP) is 2.72. The molecule has 0 amide bonds. The largest absolute Gasteiger partial charge is 0.465 e. The molecule has 0 aliphatic rings. The molecule has 0 fully saturated rings. The van der Waals surface area contributed by atoms with Crippen LogP contribution in [0.4, 0.5) is 11.6 Å². The Balaban J connectivity index is 2.49. The number of aromatic nitrogens is 2. The average molecular weight is 309 g/mol. The second-order valence-electron chi connectivity index (χ2n) is 4.42. The quantitative estimate of drug-likeness (QED) is 0.830. The number of carbonyl (C=O) groups excluding carboxylic acids is 1. The summed E-state index contributed by atoms with van der Waals surface area (Å²) in [5.74, 6) is 0.116. The Bertz CT molecular complexity index is 637. The number of rotatable bonds is 5. The minimum atomic E-state index is -0.522. The summed E-state index contributed by atoms with van der Waals surface area (Å²) in [6.45, 7) is 2.70. The van der Waals surface area contributed by atoms with Gasteiger partial charge < -0.3 is 15.8 Å². The van der Waals surface area contributed by atoms with Gasteiger partial charge in [-0.05, 0) is 30.7 Å². The topological polar surface area (TPSA) is 82.2 Å². The lowest BCUT2D eigenvalue weighted by Gasteiger charge is -2.04. The summed E-state index contributed by atoms with van der Waals surface area (Å²) in [6, 6.07) is 7.01. The van der Waals surface area contributed by atoms with Crippen molar-refractivity contribution in [3.63, 3.8) is 0 Å². The minimum Gasteiger partial charge on any atom is -0.465 e. The molecule has 0 radical (unpaired) electrons. The van der Waals surface area contributed by atoms with E-state index in [4.69, 9.17) is 22.1 Å². The normalized spacial score (nSPS) is 10.4. The van der Waals surface area contributed by atoms with Crippen LogP contribution in [0.3, 0.4) is 0 Å².